The van der Waals surface area contributed by atoms with Crippen LogP contribution in [0.4, 0.5) is 13.2 Å². The Morgan fingerprint density at radius 3 is 2.38 bits per heavy atom. The fourth-order valence-electron chi connectivity index (χ4n) is 2.17. The zero-order valence-corrected chi connectivity index (χ0v) is 14.2. The third-order valence-electron chi connectivity index (χ3n) is 3.44. The number of halogens is 5. The average Bonchev–Trinajstić information content (AvgIpc) is 2.50. The number of amides is 1. The molecule has 0 aliphatic rings. The third kappa shape index (κ3) is 4.89. The van der Waals surface area contributed by atoms with E-state index in [2.05, 4.69) is 0 Å². The first kappa shape index (κ1) is 18.6. The van der Waals surface area contributed by atoms with Crippen LogP contribution in [0.1, 0.15) is 16.7 Å². The number of hydrogen-bond donors (Lipinski definition) is 0. The molecule has 2 aromatic carbocycles. The number of rotatable bonds is 4. The van der Waals surface area contributed by atoms with Crippen LogP contribution in [0.25, 0.3) is 0 Å². The standard InChI is InChI=1S/C17H14Cl2F3NO/c1-23(10-12-5-6-14(18)15(19)8-12)16(24)9-11-3-2-4-13(7-11)17(20,21)22/h2-8H,9-10H2,1H3. The fourth-order valence-corrected chi connectivity index (χ4v) is 2.49. The second kappa shape index (κ2) is 7.45. The van der Waals surface area contributed by atoms with Crippen molar-refractivity contribution in [2.75, 3.05) is 7.05 Å². The van der Waals surface area contributed by atoms with Crippen molar-refractivity contribution in [1.29, 1.82) is 0 Å². The molecule has 0 radical (unpaired) electrons. The van der Waals surface area contributed by atoms with E-state index in [0.29, 0.717) is 15.6 Å². The second-order valence-corrected chi connectivity index (χ2v) is 6.19. The summed E-state index contributed by atoms with van der Waals surface area (Å²) in [6, 6.07) is 9.79. The average molecular weight is 376 g/mol. The molecule has 0 bridgehead atoms. The van der Waals surface area contributed by atoms with Gasteiger partial charge in [0.1, 0.15) is 0 Å². The number of hydrogen-bond acceptors (Lipinski definition) is 1. The minimum Gasteiger partial charge on any atom is -0.341 e. The van der Waals surface area contributed by atoms with Crippen LogP contribution < -0.4 is 0 Å². The Hall–Kier alpha value is -1.72. The molecule has 0 spiro atoms. The highest BCUT2D eigenvalue weighted by Gasteiger charge is 2.30. The van der Waals surface area contributed by atoms with Crippen molar-refractivity contribution >= 4 is 29.1 Å². The lowest BCUT2D eigenvalue weighted by molar-refractivity contribution is -0.138. The number of likely N-dealkylation sites (N-methyl/N-ethyl adjacent to an activating group) is 1. The SMILES string of the molecule is CN(Cc1ccc(Cl)c(Cl)c1)C(=O)Cc1cccc(C(F)(F)F)c1. The van der Waals surface area contributed by atoms with Crippen LogP contribution in [0, 0.1) is 0 Å². The van der Waals surface area contributed by atoms with Crippen molar-refractivity contribution in [2.45, 2.75) is 19.1 Å². The molecule has 0 aromatic heterocycles. The summed E-state index contributed by atoms with van der Waals surface area (Å²) in [6.45, 7) is 0.286. The summed E-state index contributed by atoms with van der Waals surface area (Å²) in [5.74, 6) is -0.291. The number of alkyl halides is 3. The van der Waals surface area contributed by atoms with Gasteiger partial charge in [0.05, 0.1) is 22.0 Å². The minimum absolute atomic E-state index is 0.109. The molecule has 0 heterocycles. The molecule has 24 heavy (non-hydrogen) atoms. The number of carbonyl (C=O) groups is 1. The molecule has 2 nitrogen and oxygen atoms in total. The van der Waals surface area contributed by atoms with Crippen LogP contribution in [0.2, 0.25) is 10.0 Å². The molecule has 0 saturated heterocycles. The molecule has 2 rings (SSSR count). The van der Waals surface area contributed by atoms with Crippen molar-refractivity contribution in [2.24, 2.45) is 0 Å². The van der Waals surface area contributed by atoms with Gasteiger partial charge in [0.2, 0.25) is 5.91 Å². The Balaban J connectivity index is 2.05. The van der Waals surface area contributed by atoms with E-state index in [1.165, 1.54) is 17.0 Å². The van der Waals surface area contributed by atoms with Crippen LogP contribution in [0.15, 0.2) is 42.5 Å². The molecule has 0 aliphatic heterocycles. The van der Waals surface area contributed by atoms with Crippen LogP contribution in [-0.2, 0) is 23.9 Å². The van der Waals surface area contributed by atoms with Crippen molar-refractivity contribution in [3.05, 3.63) is 69.2 Å². The maximum atomic E-state index is 12.7. The van der Waals surface area contributed by atoms with E-state index >= 15 is 0 Å². The summed E-state index contributed by atoms with van der Waals surface area (Å²) in [5, 5.41) is 0.797. The molecule has 128 valence electrons. The van der Waals surface area contributed by atoms with Crippen LogP contribution >= 0.6 is 23.2 Å². The lowest BCUT2D eigenvalue weighted by Crippen LogP contribution is -2.27. The van der Waals surface area contributed by atoms with Gasteiger partial charge in [0, 0.05) is 13.6 Å². The predicted octanol–water partition coefficient (Wildman–Crippen LogP) is 5.21. The molecular weight excluding hydrogens is 362 g/mol. The van der Waals surface area contributed by atoms with E-state index in [0.717, 1.165) is 17.7 Å². The normalized spacial score (nSPS) is 11.4. The maximum Gasteiger partial charge on any atom is 0.416 e. The Morgan fingerprint density at radius 2 is 1.75 bits per heavy atom. The molecule has 0 atom stereocenters. The van der Waals surface area contributed by atoms with Gasteiger partial charge in [-0.2, -0.15) is 13.2 Å². The first-order chi connectivity index (χ1) is 11.2. The number of carbonyl (C=O) groups excluding carboxylic acids is 1. The van der Waals surface area contributed by atoms with Crippen molar-refractivity contribution in [3.63, 3.8) is 0 Å². The smallest absolute Gasteiger partial charge is 0.341 e. The van der Waals surface area contributed by atoms with Gasteiger partial charge >= 0.3 is 6.18 Å². The molecule has 0 unspecified atom stereocenters. The molecule has 0 fully saturated rings. The van der Waals surface area contributed by atoms with Crippen molar-refractivity contribution < 1.29 is 18.0 Å². The van der Waals surface area contributed by atoms with E-state index in [1.807, 2.05) is 0 Å². The summed E-state index contributed by atoms with van der Waals surface area (Å²) in [7, 11) is 1.58. The third-order valence-corrected chi connectivity index (χ3v) is 4.18. The second-order valence-electron chi connectivity index (χ2n) is 5.37. The van der Waals surface area contributed by atoms with E-state index < -0.39 is 11.7 Å². The maximum absolute atomic E-state index is 12.7. The van der Waals surface area contributed by atoms with Gasteiger partial charge in [-0.05, 0) is 29.3 Å². The zero-order chi connectivity index (χ0) is 17.9. The highest BCUT2D eigenvalue weighted by Crippen LogP contribution is 2.29. The van der Waals surface area contributed by atoms with E-state index in [-0.39, 0.29) is 18.9 Å². The van der Waals surface area contributed by atoms with Gasteiger partial charge < -0.3 is 4.90 Å². The largest absolute Gasteiger partial charge is 0.416 e. The molecule has 2 aromatic rings. The van der Waals surface area contributed by atoms with Crippen LogP contribution in [0.5, 0.6) is 0 Å². The Kier molecular flexibility index (Phi) is 5.78. The topological polar surface area (TPSA) is 20.3 Å². The highest BCUT2D eigenvalue weighted by molar-refractivity contribution is 6.42. The Morgan fingerprint density at radius 1 is 1.04 bits per heavy atom. The molecule has 0 saturated carbocycles. The summed E-state index contributed by atoms with van der Waals surface area (Å²) >= 11 is 11.8. The zero-order valence-electron chi connectivity index (χ0n) is 12.7. The van der Waals surface area contributed by atoms with E-state index in [4.69, 9.17) is 23.2 Å². The Labute approximate surface area is 147 Å². The van der Waals surface area contributed by atoms with Crippen molar-refractivity contribution in [3.8, 4) is 0 Å². The van der Waals surface area contributed by atoms with Gasteiger partial charge in [-0.15, -0.1) is 0 Å². The van der Waals surface area contributed by atoms with Gasteiger partial charge in [-0.1, -0.05) is 47.5 Å². The molecule has 7 heteroatoms. The lowest BCUT2D eigenvalue weighted by Gasteiger charge is -2.18. The first-order valence-electron chi connectivity index (χ1n) is 7.01. The number of nitrogens with zero attached hydrogens (tertiary/aromatic N) is 1. The van der Waals surface area contributed by atoms with Crippen molar-refractivity contribution in [1.82, 2.24) is 4.90 Å². The highest BCUT2D eigenvalue weighted by atomic mass is 35.5. The predicted molar refractivity (Wildman–Crippen MR) is 88.1 cm³/mol. The molecule has 0 aliphatic carbocycles. The minimum atomic E-state index is -4.43. The molecular formula is C17H14Cl2F3NO. The Bertz CT molecular complexity index is 747. The molecule has 1 amide bonds. The van der Waals surface area contributed by atoms with Gasteiger partial charge in [-0.25, -0.2) is 0 Å². The number of benzene rings is 2. The van der Waals surface area contributed by atoms with Gasteiger partial charge in [0.25, 0.3) is 0 Å². The summed E-state index contributed by atoms with van der Waals surface area (Å²) in [5.41, 5.74) is 0.333. The van der Waals surface area contributed by atoms with E-state index in [9.17, 15) is 18.0 Å². The fraction of sp³-hybridized carbons (Fsp3) is 0.235. The first-order valence-corrected chi connectivity index (χ1v) is 7.76. The monoisotopic (exact) mass is 375 g/mol. The summed E-state index contributed by atoms with van der Waals surface area (Å²) in [4.78, 5) is 13.6. The quantitative estimate of drug-likeness (QED) is 0.717. The van der Waals surface area contributed by atoms with Gasteiger partial charge in [0.15, 0.2) is 0 Å². The summed E-state index contributed by atoms with van der Waals surface area (Å²) < 4.78 is 38.1. The van der Waals surface area contributed by atoms with Gasteiger partial charge in [-0.3, -0.25) is 4.79 Å². The van der Waals surface area contributed by atoms with E-state index in [1.54, 1.807) is 25.2 Å². The van der Waals surface area contributed by atoms with Crippen LogP contribution in [-0.4, -0.2) is 17.9 Å². The summed E-state index contributed by atoms with van der Waals surface area (Å²) in [6.07, 6.45) is -4.53. The lowest BCUT2D eigenvalue weighted by atomic mass is 10.1. The molecule has 0 N–H and O–H groups in total. The van der Waals surface area contributed by atoms with Crippen LogP contribution in [0.3, 0.4) is 0 Å².